The first-order valence-electron chi connectivity index (χ1n) is 2.64. The first-order valence-corrected chi connectivity index (χ1v) is 3.84. The molecular weight excluding hydrogens is 168 g/mol. The van der Waals surface area contributed by atoms with E-state index in [2.05, 4.69) is 0 Å². The molecule has 0 aliphatic heterocycles. The van der Waals surface area contributed by atoms with E-state index in [1.807, 2.05) is 6.07 Å². The molecule has 1 aromatic heterocycles. The molecule has 0 fully saturated rings. The largest absolute Gasteiger partial charge is 0.398 e. The minimum absolute atomic E-state index is 0.350. The van der Waals surface area contributed by atoms with Crippen molar-refractivity contribution in [1.82, 2.24) is 0 Å². The van der Waals surface area contributed by atoms with Gasteiger partial charge in [0.1, 0.15) is 0 Å². The number of nitrogen functional groups attached to an aromatic ring is 1. The molecule has 1 aromatic rings. The van der Waals surface area contributed by atoms with E-state index in [1.54, 1.807) is 6.07 Å². The third-order valence-corrected chi connectivity index (χ3v) is 2.33. The quantitative estimate of drug-likeness (QED) is 0.705. The van der Waals surface area contributed by atoms with Crippen LogP contribution >= 0.6 is 22.9 Å². The lowest BCUT2D eigenvalue weighted by Crippen LogP contribution is -1.85. The summed E-state index contributed by atoms with van der Waals surface area (Å²) >= 11 is 6.99. The fourth-order valence-electron chi connectivity index (χ4n) is 0.619. The first-order chi connectivity index (χ1) is 4.74. The molecule has 0 saturated carbocycles. The van der Waals surface area contributed by atoms with Crippen molar-refractivity contribution in [2.45, 2.75) is 6.42 Å². The van der Waals surface area contributed by atoms with Crippen molar-refractivity contribution in [3.05, 3.63) is 15.3 Å². The summed E-state index contributed by atoms with van der Waals surface area (Å²) in [6, 6.07) is 3.68. The van der Waals surface area contributed by atoms with Gasteiger partial charge in [0.15, 0.2) is 0 Å². The number of thiophene rings is 1. The molecule has 1 rings (SSSR count). The maximum Gasteiger partial charge on any atom is 0.0952 e. The van der Waals surface area contributed by atoms with Gasteiger partial charge in [-0.25, -0.2) is 0 Å². The Balaban J connectivity index is 2.94. The van der Waals surface area contributed by atoms with Gasteiger partial charge in [-0.1, -0.05) is 11.6 Å². The van der Waals surface area contributed by atoms with Gasteiger partial charge < -0.3 is 5.73 Å². The number of nitriles is 1. The standard InChI is InChI=1S/C6H5ClN2S/c7-6-3-4(9)5(10-6)1-2-8/h3H,1,9H2. The molecule has 0 saturated heterocycles. The smallest absolute Gasteiger partial charge is 0.0952 e. The SMILES string of the molecule is N#CCc1sc(Cl)cc1N. The van der Waals surface area contributed by atoms with Gasteiger partial charge in [-0.05, 0) is 6.07 Å². The number of nitrogens with two attached hydrogens (primary N) is 1. The van der Waals surface area contributed by atoms with Crippen molar-refractivity contribution in [3.63, 3.8) is 0 Å². The Morgan fingerprint density at radius 1 is 1.80 bits per heavy atom. The van der Waals surface area contributed by atoms with Gasteiger partial charge >= 0.3 is 0 Å². The van der Waals surface area contributed by atoms with Gasteiger partial charge in [0, 0.05) is 10.6 Å². The summed E-state index contributed by atoms with van der Waals surface area (Å²) in [5.74, 6) is 0. The van der Waals surface area contributed by atoms with Crippen molar-refractivity contribution in [2.75, 3.05) is 5.73 Å². The lowest BCUT2D eigenvalue weighted by molar-refractivity contribution is 1.32. The molecule has 10 heavy (non-hydrogen) atoms. The normalized spacial score (nSPS) is 9.20. The lowest BCUT2D eigenvalue weighted by Gasteiger charge is -1.86. The highest BCUT2D eigenvalue weighted by Gasteiger charge is 2.02. The molecule has 0 spiro atoms. The monoisotopic (exact) mass is 172 g/mol. The van der Waals surface area contributed by atoms with E-state index in [1.165, 1.54) is 11.3 Å². The predicted octanol–water partition coefficient (Wildman–Crippen LogP) is 2.05. The first kappa shape index (κ1) is 7.39. The van der Waals surface area contributed by atoms with E-state index in [4.69, 9.17) is 22.6 Å². The zero-order valence-corrected chi connectivity index (χ0v) is 6.67. The maximum absolute atomic E-state index is 8.31. The second-order valence-electron chi connectivity index (χ2n) is 1.76. The molecule has 0 radical (unpaired) electrons. The van der Waals surface area contributed by atoms with Crippen molar-refractivity contribution in [1.29, 1.82) is 5.26 Å². The highest BCUT2D eigenvalue weighted by molar-refractivity contribution is 7.16. The molecule has 1 heterocycles. The lowest BCUT2D eigenvalue weighted by atomic mass is 10.3. The summed E-state index contributed by atoms with van der Waals surface area (Å²) in [4.78, 5) is 0.854. The van der Waals surface area contributed by atoms with Crippen LogP contribution in [-0.2, 0) is 6.42 Å². The molecular formula is C6H5ClN2S. The summed E-state index contributed by atoms with van der Waals surface area (Å²) in [6.45, 7) is 0. The summed E-state index contributed by atoms with van der Waals surface area (Å²) < 4.78 is 0.641. The Hall–Kier alpha value is -0.720. The van der Waals surface area contributed by atoms with Crippen molar-refractivity contribution in [2.24, 2.45) is 0 Å². The molecule has 2 nitrogen and oxygen atoms in total. The van der Waals surface area contributed by atoms with E-state index in [0.29, 0.717) is 16.4 Å². The third kappa shape index (κ3) is 1.41. The summed E-state index contributed by atoms with van der Waals surface area (Å²) in [6.07, 6.45) is 0.350. The second-order valence-corrected chi connectivity index (χ2v) is 3.53. The van der Waals surface area contributed by atoms with Crippen LogP contribution in [0.4, 0.5) is 5.69 Å². The van der Waals surface area contributed by atoms with Gasteiger partial charge in [-0.2, -0.15) is 5.26 Å². The minimum atomic E-state index is 0.350. The molecule has 52 valence electrons. The van der Waals surface area contributed by atoms with E-state index < -0.39 is 0 Å². The number of rotatable bonds is 1. The Labute approximate surface area is 67.8 Å². The van der Waals surface area contributed by atoms with Gasteiger partial charge in [-0.3, -0.25) is 0 Å². The average molecular weight is 173 g/mol. The number of nitrogens with zero attached hydrogens (tertiary/aromatic N) is 1. The Bertz CT molecular complexity index is 274. The molecule has 0 aliphatic rings. The molecule has 0 unspecified atom stereocenters. The predicted molar refractivity (Wildman–Crippen MR) is 43.1 cm³/mol. The van der Waals surface area contributed by atoms with Gasteiger partial charge in [0.25, 0.3) is 0 Å². The molecule has 0 aliphatic carbocycles. The third-order valence-electron chi connectivity index (χ3n) is 1.05. The number of hydrogen-bond acceptors (Lipinski definition) is 3. The van der Waals surface area contributed by atoms with Gasteiger partial charge in [-0.15, -0.1) is 11.3 Å². The second kappa shape index (κ2) is 2.91. The molecule has 0 aromatic carbocycles. The zero-order chi connectivity index (χ0) is 7.56. The number of hydrogen-bond donors (Lipinski definition) is 1. The van der Waals surface area contributed by atoms with Gasteiger partial charge in [0.2, 0.25) is 0 Å². The fourth-order valence-corrected chi connectivity index (χ4v) is 1.75. The highest BCUT2D eigenvalue weighted by Crippen LogP contribution is 2.28. The van der Waals surface area contributed by atoms with E-state index in [9.17, 15) is 0 Å². The topological polar surface area (TPSA) is 49.8 Å². The number of anilines is 1. The van der Waals surface area contributed by atoms with Crippen molar-refractivity contribution in [3.8, 4) is 6.07 Å². The fraction of sp³-hybridized carbons (Fsp3) is 0.167. The summed E-state index contributed by atoms with van der Waals surface area (Å²) in [5, 5.41) is 8.31. The highest BCUT2D eigenvalue weighted by atomic mass is 35.5. The molecule has 0 amide bonds. The van der Waals surface area contributed by atoms with Crippen LogP contribution in [0.5, 0.6) is 0 Å². The summed E-state index contributed by atoms with van der Waals surface area (Å²) in [5.41, 5.74) is 6.12. The Morgan fingerprint density at radius 2 is 2.50 bits per heavy atom. The minimum Gasteiger partial charge on any atom is -0.398 e. The van der Waals surface area contributed by atoms with Crippen molar-refractivity contribution >= 4 is 28.6 Å². The van der Waals surface area contributed by atoms with Gasteiger partial charge in [0.05, 0.1) is 16.8 Å². The van der Waals surface area contributed by atoms with Crippen LogP contribution in [0, 0.1) is 11.3 Å². The Morgan fingerprint density at radius 3 is 2.90 bits per heavy atom. The zero-order valence-electron chi connectivity index (χ0n) is 5.10. The molecule has 0 atom stereocenters. The van der Waals surface area contributed by atoms with Crippen LogP contribution in [0.25, 0.3) is 0 Å². The Kier molecular flexibility index (Phi) is 2.15. The average Bonchev–Trinajstić information content (AvgIpc) is 2.13. The van der Waals surface area contributed by atoms with E-state index in [0.717, 1.165) is 4.88 Å². The molecule has 0 bridgehead atoms. The van der Waals surface area contributed by atoms with E-state index >= 15 is 0 Å². The van der Waals surface area contributed by atoms with Crippen molar-refractivity contribution < 1.29 is 0 Å². The van der Waals surface area contributed by atoms with E-state index in [-0.39, 0.29) is 0 Å². The summed E-state index contributed by atoms with van der Waals surface area (Å²) in [7, 11) is 0. The van der Waals surface area contributed by atoms with Crippen LogP contribution in [0.3, 0.4) is 0 Å². The van der Waals surface area contributed by atoms with Crippen LogP contribution in [0.15, 0.2) is 6.07 Å². The molecule has 4 heteroatoms. The van der Waals surface area contributed by atoms with Crippen LogP contribution < -0.4 is 5.73 Å². The van der Waals surface area contributed by atoms with Crippen LogP contribution in [-0.4, -0.2) is 0 Å². The number of halogens is 1. The van der Waals surface area contributed by atoms with Crippen LogP contribution in [0.1, 0.15) is 4.88 Å². The van der Waals surface area contributed by atoms with Crippen LogP contribution in [0.2, 0.25) is 4.34 Å². The maximum atomic E-state index is 8.31. The molecule has 2 N–H and O–H groups in total.